The molecule has 0 unspecified atom stereocenters. The summed E-state index contributed by atoms with van der Waals surface area (Å²) in [6.07, 6.45) is 12.3. The number of hydrogen-bond acceptors (Lipinski definition) is 7. The zero-order chi connectivity index (χ0) is 77.2. The monoisotopic (exact) mass is 1430 g/mol. The minimum atomic E-state index is -0.528. The van der Waals surface area contributed by atoms with Crippen LogP contribution in [0, 0.1) is 0 Å². The van der Waals surface area contributed by atoms with Crippen molar-refractivity contribution in [1.82, 2.24) is 29.7 Å². The Balaban J connectivity index is 0.886. The zero-order valence-corrected chi connectivity index (χ0v) is 66.3. The number of aromatic nitrogens is 4. The van der Waals surface area contributed by atoms with Gasteiger partial charge in [-0.2, -0.15) is 0 Å². The van der Waals surface area contributed by atoms with Crippen LogP contribution in [-0.4, -0.2) is 65.8 Å². The lowest BCUT2D eigenvalue weighted by Crippen LogP contribution is -2.43. The second kappa shape index (κ2) is 27.1. The molecule has 0 fully saturated rings. The Bertz CT molecular complexity index is 5410. The third-order valence-electron chi connectivity index (χ3n) is 21.9. The molecule has 8 bridgehead atoms. The van der Waals surface area contributed by atoms with Crippen molar-refractivity contribution in [2.75, 3.05) is 11.9 Å². The summed E-state index contributed by atoms with van der Waals surface area (Å²) < 4.78 is 0. The summed E-state index contributed by atoms with van der Waals surface area (Å²) in [5.41, 5.74) is 23.7. The summed E-state index contributed by atoms with van der Waals surface area (Å²) in [6, 6.07) is 51.2. The van der Waals surface area contributed by atoms with Gasteiger partial charge in [-0.05, 0) is 197 Å². The van der Waals surface area contributed by atoms with Crippen LogP contribution in [-0.2, 0) is 39.0 Å². The van der Waals surface area contributed by atoms with Crippen LogP contribution in [0.5, 0.6) is 0 Å². The first-order chi connectivity index (χ1) is 50.8. The summed E-state index contributed by atoms with van der Waals surface area (Å²) in [7, 11) is 0. The smallest absolute Gasteiger partial charge is 0.261 e. The summed E-state index contributed by atoms with van der Waals surface area (Å²) in [5, 5.41) is 3.81. The van der Waals surface area contributed by atoms with Crippen LogP contribution in [0.15, 0.2) is 152 Å². The van der Waals surface area contributed by atoms with Gasteiger partial charge in [-0.1, -0.05) is 230 Å². The Hall–Kier alpha value is -10.9. The number of fused-ring (bicyclic) bond motifs is 8. The molecule has 3 aromatic heterocycles. The van der Waals surface area contributed by atoms with Crippen molar-refractivity contribution in [1.29, 1.82) is 0 Å². The van der Waals surface area contributed by atoms with Gasteiger partial charge in [0.05, 0.1) is 29.3 Å². The van der Waals surface area contributed by atoms with E-state index in [0.717, 1.165) is 109 Å². The average molecular weight is 1430 g/mol. The third kappa shape index (κ3) is 14.0. The van der Waals surface area contributed by atoms with Gasteiger partial charge < -0.3 is 15.3 Å². The Morgan fingerprint density at radius 2 is 0.676 bits per heavy atom. The number of nitrogens with one attached hydrogen (secondary N) is 3. The molecule has 5 amide bonds. The van der Waals surface area contributed by atoms with E-state index in [9.17, 15) is 24.0 Å². The van der Waals surface area contributed by atoms with Gasteiger partial charge in [-0.3, -0.25) is 33.8 Å². The topological polar surface area (TPSA) is 161 Å². The molecule has 108 heavy (non-hydrogen) atoms. The second-order valence-corrected chi connectivity index (χ2v) is 36.2. The molecule has 12 heteroatoms. The standard InChI is InChI=1S/C96H101N7O5/c1-20-21-22-23-44-102-87(105)68-32-34-70-85-71(35-33-69(84(68)85)88(102)106)90(108)103(89(70)107)54-55-24-26-57(27-25-55)86(104)97-67-30-28-56(29-31-67)80-72-36-38-74(98-72)81(58-45-61(91(2,3)4)51-62(46-58)92(5,6)7)76-40-42-78(100-76)83(60-49-65(95(14,15)16)53-66(50-60)96(17,18)19)79-43-41-77(101-79)82(75-39-37-73(80)99-75)59-47-63(93(8,9)10)52-64(48-59)94(11,12)13/h24-43,45-53,98,101H,20-23,44,54H2,1-19H3,(H,97,104). The minimum absolute atomic E-state index is 0.0661. The SMILES string of the molecule is CCCCCCN1C(=O)c2ccc3c4c(ccc(c24)C1=O)C(=O)N(Cc1ccc(C(=O)Nc2ccc(-c4c5nc(c(-c6cc(C(C)(C)C)cc(C(C)(C)C)c6)c6ccc([nH]6)c(-c6cc(C(C)(C)C)cc(C(C)(C)C)c6)c6nc(c(-c7cc(C(C)(C)C)cc(C(C)(C)C)c7)c7ccc4[nH]7)C=C6)C=C5)cc2)cc1)C3=O. The number of nitrogens with zero attached hydrogens (tertiary/aromatic N) is 4. The molecule has 0 aliphatic carbocycles. The number of rotatable bonds is 13. The van der Waals surface area contributed by atoms with Crippen LogP contribution in [0.4, 0.5) is 5.69 Å². The Morgan fingerprint density at radius 1 is 0.361 bits per heavy atom. The fourth-order valence-corrected chi connectivity index (χ4v) is 15.2. The van der Waals surface area contributed by atoms with Crippen LogP contribution in [0.3, 0.4) is 0 Å². The number of H-pyrrole nitrogens is 2. The highest BCUT2D eigenvalue weighted by molar-refractivity contribution is 6.33. The fraction of sp³-hybridized carbons (Fsp3) is 0.323. The normalized spacial score (nSPS) is 14.1. The number of imide groups is 2. The van der Waals surface area contributed by atoms with Crippen LogP contribution in [0.1, 0.15) is 271 Å². The van der Waals surface area contributed by atoms with Crippen molar-refractivity contribution in [2.45, 2.75) is 196 Å². The lowest BCUT2D eigenvalue weighted by Gasteiger charge is -2.32. The van der Waals surface area contributed by atoms with E-state index in [-0.39, 0.29) is 56.1 Å². The predicted octanol–water partition coefficient (Wildman–Crippen LogP) is 23.5. The van der Waals surface area contributed by atoms with Crippen molar-refractivity contribution in [2.24, 2.45) is 0 Å². The number of hydrogen-bond donors (Lipinski definition) is 3. The predicted molar refractivity (Wildman–Crippen MR) is 445 cm³/mol. The first kappa shape index (κ1) is 74.0. The van der Waals surface area contributed by atoms with Crippen LogP contribution in [0.2, 0.25) is 0 Å². The maximum Gasteiger partial charge on any atom is 0.261 e. The van der Waals surface area contributed by atoms with E-state index in [1.807, 2.05) is 24.3 Å². The van der Waals surface area contributed by atoms with E-state index in [1.54, 1.807) is 48.5 Å². The van der Waals surface area contributed by atoms with E-state index in [4.69, 9.17) is 9.97 Å². The lowest BCUT2D eigenvalue weighted by molar-refractivity contribution is 0.0581. The first-order valence-electron chi connectivity index (χ1n) is 38.3. The lowest BCUT2D eigenvalue weighted by atomic mass is 9.78. The van der Waals surface area contributed by atoms with Gasteiger partial charge >= 0.3 is 0 Å². The second-order valence-electron chi connectivity index (χ2n) is 36.2. The molecular weight excluding hydrogens is 1330 g/mol. The van der Waals surface area contributed by atoms with Crippen molar-refractivity contribution in [3.63, 3.8) is 0 Å². The van der Waals surface area contributed by atoms with Gasteiger partial charge in [-0.25, -0.2) is 9.97 Å². The number of aromatic amines is 2. The summed E-state index contributed by atoms with van der Waals surface area (Å²) >= 11 is 0. The average Bonchev–Trinajstić information content (AvgIpc) is 0.783. The van der Waals surface area contributed by atoms with Crippen LogP contribution < -0.4 is 5.32 Å². The van der Waals surface area contributed by atoms with Gasteiger partial charge in [0, 0.05) is 95.1 Å². The molecule has 0 saturated heterocycles. The molecule has 7 heterocycles. The Labute approximate surface area is 636 Å². The quantitative estimate of drug-likeness (QED) is 0.0765. The summed E-state index contributed by atoms with van der Waals surface area (Å²) in [5.74, 6) is -2.24. The molecule has 14 rings (SSSR count). The van der Waals surface area contributed by atoms with Crippen molar-refractivity contribution < 1.29 is 24.0 Å². The number of unbranched alkanes of at least 4 members (excludes halogenated alkanes) is 3. The largest absolute Gasteiger partial charge is 0.354 e. The van der Waals surface area contributed by atoms with E-state index in [1.165, 1.54) is 43.2 Å². The molecule has 0 spiro atoms. The third-order valence-corrected chi connectivity index (χ3v) is 21.9. The highest BCUT2D eigenvalue weighted by atomic mass is 16.2. The molecule has 10 aromatic rings. The van der Waals surface area contributed by atoms with Gasteiger partial charge in [0.25, 0.3) is 29.5 Å². The summed E-state index contributed by atoms with van der Waals surface area (Å²) in [6.45, 7) is 43.4. The van der Waals surface area contributed by atoms with Crippen LogP contribution in [0.25, 0.3) is 102 Å². The van der Waals surface area contributed by atoms with E-state index < -0.39 is 23.6 Å². The number of amides is 5. The first-order valence-corrected chi connectivity index (χ1v) is 38.3. The molecule has 0 atom stereocenters. The maximum absolute atomic E-state index is 14.3. The molecular formula is C96H101N7O5. The van der Waals surface area contributed by atoms with Crippen molar-refractivity contribution in [3.8, 4) is 44.5 Å². The molecule has 0 saturated carbocycles. The molecule has 550 valence electrons. The minimum Gasteiger partial charge on any atom is -0.354 e. The van der Waals surface area contributed by atoms with Crippen LogP contribution >= 0.6 is 0 Å². The highest BCUT2D eigenvalue weighted by Crippen LogP contribution is 2.46. The molecule has 3 N–H and O–H groups in total. The number of carbonyl (C=O) groups excluding carboxylic acids is 5. The Kier molecular flexibility index (Phi) is 18.6. The number of benzene rings is 7. The molecule has 7 aromatic carbocycles. The van der Waals surface area contributed by atoms with Crippen molar-refractivity contribution >= 4 is 92.4 Å². The highest BCUT2D eigenvalue weighted by Gasteiger charge is 2.40. The van der Waals surface area contributed by atoms with Crippen molar-refractivity contribution in [3.05, 3.63) is 241 Å². The molecule has 4 aliphatic heterocycles. The van der Waals surface area contributed by atoms with E-state index >= 15 is 0 Å². The van der Waals surface area contributed by atoms with Gasteiger partial charge in [-0.15, -0.1) is 0 Å². The van der Waals surface area contributed by atoms with Gasteiger partial charge in [0.2, 0.25) is 0 Å². The number of anilines is 1. The summed E-state index contributed by atoms with van der Waals surface area (Å²) in [4.78, 5) is 92.8. The fourth-order valence-electron chi connectivity index (χ4n) is 15.2. The maximum atomic E-state index is 14.3. The zero-order valence-electron chi connectivity index (χ0n) is 66.3. The molecule has 12 nitrogen and oxygen atoms in total. The Morgan fingerprint density at radius 3 is 0.991 bits per heavy atom. The van der Waals surface area contributed by atoms with Gasteiger partial charge in [0.1, 0.15) is 0 Å². The molecule has 0 radical (unpaired) electrons. The number of carbonyl (C=O) groups is 5. The van der Waals surface area contributed by atoms with E-state index in [2.05, 4.69) is 250 Å². The molecule has 4 aliphatic rings. The van der Waals surface area contributed by atoms with Gasteiger partial charge in [0.15, 0.2) is 0 Å². The van der Waals surface area contributed by atoms with E-state index in [0.29, 0.717) is 51.7 Å².